The zero-order valence-electron chi connectivity index (χ0n) is 10.5. The number of terminal acetylenes is 1. The van der Waals surface area contributed by atoms with Crippen LogP contribution in [0.15, 0.2) is 4.52 Å². The number of hydrogen-bond acceptors (Lipinski definition) is 5. The third kappa shape index (κ3) is 6.95. The van der Waals surface area contributed by atoms with Crippen LogP contribution in [0.4, 0.5) is 4.79 Å². The molecule has 0 aromatic carbocycles. The van der Waals surface area contributed by atoms with Crippen molar-refractivity contribution in [1.29, 1.82) is 0 Å². The van der Waals surface area contributed by atoms with Gasteiger partial charge in [0.1, 0.15) is 12.1 Å². The standard InChI is InChI=1S/C9H15N3O3.C2H2/c1-6-11-7(15-12-6)5-10-8(13)14-9(2,3)4;1-2/h5H2,1-4H3,(H,10,13);1-2H. The molecule has 0 atom stereocenters. The second kappa shape index (κ2) is 6.53. The Hall–Kier alpha value is -2.03. The normalized spacial score (nSPS) is 10.0. The Bertz CT molecular complexity index is 377. The number of ether oxygens (including phenoxy) is 1. The van der Waals surface area contributed by atoms with Gasteiger partial charge in [0.05, 0.1) is 0 Å². The summed E-state index contributed by atoms with van der Waals surface area (Å²) in [6.45, 7) is 7.27. The highest BCUT2D eigenvalue weighted by atomic mass is 16.6. The number of aryl methyl sites for hydroxylation is 1. The Balaban J connectivity index is 0.00000121. The number of amides is 1. The Morgan fingerprint density at radius 1 is 1.47 bits per heavy atom. The van der Waals surface area contributed by atoms with Crippen molar-refractivity contribution >= 4 is 6.09 Å². The first-order valence-electron chi connectivity index (χ1n) is 4.96. The third-order valence-electron chi connectivity index (χ3n) is 1.35. The van der Waals surface area contributed by atoms with Crippen LogP contribution in [0.25, 0.3) is 0 Å². The van der Waals surface area contributed by atoms with E-state index in [0.29, 0.717) is 11.7 Å². The zero-order valence-corrected chi connectivity index (χ0v) is 10.5. The van der Waals surface area contributed by atoms with Gasteiger partial charge in [0.25, 0.3) is 0 Å². The lowest BCUT2D eigenvalue weighted by molar-refractivity contribution is 0.0518. The molecule has 1 amide bonds. The molecule has 6 heteroatoms. The molecule has 0 aliphatic rings. The maximum Gasteiger partial charge on any atom is 0.408 e. The predicted molar refractivity (Wildman–Crippen MR) is 62.0 cm³/mol. The van der Waals surface area contributed by atoms with Crippen LogP contribution in [0.1, 0.15) is 32.5 Å². The molecule has 0 spiro atoms. The summed E-state index contributed by atoms with van der Waals surface area (Å²) in [6, 6.07) is 0. The smallest absolute Gasteiger partial charge is 0.408 e. The molecule has 0 aliphatic carbocycles. The lowest BCUT2D eigenvalue weighted by Crippen LogP contribution is -2.32. The summed E-state index contributed by atoms with van der Waals surface area (Å²) in [6.07, 6.45) is 7.50. The van der Waals surface area contributed by atoms with Crippen LogP contribution < -0.4 is 5.32 Å². The molecule has 0 aliphatic heterocycles. The Labute approximate surface area is 101 Å². The summed E-state index contributed by atoms with van der Waals surface area (Å²) in [5, 5.41) is 6.10. The summed E-state index contributed by atoms with van der Waals surface area (Å²) >= 11 is 0. The maximum atomic E-state index is 11.2. The monoisotopic (exact) mass is 239 g/mol. The number of nitrogens with one attached hydrogen (secondary N) is 1. The molecule has 17 heavy (non-hydrogen) atoms. The fourth-order valence-corrected chi connectivity index (χ4v) is 0.874. The van der Waals surface area contributed by atoms with Crippen LogP contribution in [0.3, 0.4) is 0 Å². The highest BCUT2D eigenvalue weighted by Crippen LogP contribution is 2.06. The first kappa shape index (κ1) is 15.0. The average Bonchev–Trinajstić information content (AvgIpc) is 2.62. The largest absolute Gasteiger partial charge is 0.444 e. The van der Waals surface area contributed by atoms with Crippen molar-refractivity contribution in [2.75, 3.05) is 0 Å². The van der Waals surface area contributed by atoms with E-state index in [-0.39, 0.29) is 6.54 Å². The van der Waals surface area contributed by atoms with Gasteiger partial charge in [-0.2, -0.15) is 4.98 Å². The molecule has 0 unspecified atom stereocenters. The molecule has 0 radical (unpaired) electrons. The molecule has 94 valence electrons. The molecule has 1 aromatic rings. The van der Waals surface area contributed by atoms with Gasteiger partial charge in [0, 0.05) is 0 Å². The molecule has 0 saturated carbocycles. The molecule has 1 aromatic heterocycles. The van der Waals surface area contributed by atoms with Gasteiger partial charge in [-0.1, -0.05) is 5.16 Å². The van der Waals surface area contributed by atoms with Crippen molar-refractivity contribution in [3.8, 4) is 12.8 Å². The first-order chi connectivity index (χ1) is 7.87. The van der Waals surface area contributed by atoms with Gasteiger partial charge in [-0.25, -0.2) is 4.79 Å². The van der Waals surface area contributed by atoms with E-state index in [2.05, 4.69) is 28.3 Å². The van der Waals surface area contributed by atoms with E-state index in [4.69, 9.17) is 9.26 Å². The molecule has 0 fully saturated rings. The van der Waals surface area contributed by atoms with Crippen molar-refractivity contribution in [3.63, 3.8) is 0 Å². The van der Waals surface area contributed by atoms with Gasteiger partial charge >= 0.3 is 6.09 Å². The van der Waals surface area contributed by atoms with Crippen molar-refractivity contribution in [1.82, 2.24) is 15.5 Å². The van der Waals surface area contributed by atoms with Crippen LogP contribution >= 0.6 is 0 Å². The van der Waals surface area contributed by atoms with Crippen LogP contribution in [0, 0.1) is 19.8 Å². The van der Waals surface area contributed by atoms with Gasteiger partial charge in [-0.15, -0.1) is 12.8 Å². The number of carbonyl (C=O) groups excluding carboxylic acids is 1. The molecule has 0 bridgehead atoms. The molecule has 1 rings (SSSR count). The van der Waals surface area contributed by atoms with Crippen LogP contribution in [0.5, 0.6) is 0 Å². The third-order valence-corrected chi connectivity index (χ3v) is 1.35. The number of hydrogen-bond donors (Lipinski definition) is 1. The lowest BCUT2D eigenvalue weighted by atomic mass is 10.2. The number of nitrogens with zero attached hydrogens (tertiary/aromatic N) is 2. The van der Waals surface area contributed by atoms with E-state index in [1.807, 2.05) is 0 Å². The number of aromatic nitrogens is 2. The van der Waals surface area contributed by atoms with E-state index in [9.17, 15) is 4.79 Å². The Kier molecular flexibility index (Phi) is 5.75. The van der Waals surface area contributed by atoms with Crippen molar-refractivity contribution < 1.29 is 14.1 Å². The number of alkyl carbamates (subject to hydrolysis) is 1. The quantitative estimate of drug-likeness (QED) is 0.794. The fourth-order valence-electron chi connectivity index (χ4n) is 0.874. The van der Waals surface area contributed by atoms with Crippen LogP contribution in [0.2, 0.25) is 0 Å². The Morgan fingerprint density at radius 2 is 2.06 bits per heavy atom. The van der Waals surface area contributed by atoms with Crippen molar-refractivity contribution in [3.05, 3.63) is 11.7 Å². The minimum atomic E-state index is -0.505. The minimum Gasteiger partial charge on any atom is -0.444 e. The van der Waals surface area contributed by atoms with Gasteiger partial charge in [0.15, 0.2) is 5.82 Å². The topological polar surface area (TPSA) is 77.2 Å². The second-order valence-electron chi connectivity index (χ2n) is 4.09. The SMILES string of the molecule is C#C.Cc1noc(CNC(=O)OC(C)(C)C)n1. The summed E-state index contributed by atoms with van der Waals surface area (Å²) in [5.74, 6) is 0.898. The van der Waals surface area contributed by atoms with Gasteiger partial charge in [0.2, 0.25) is 5.89 Å². The van der Waals surface area contributed by atoms with Gasteiger partial charge in [-0.05, 0) is 27.7 Å². The lowest BCUT2D eigenvalue weighted by Gasteiger charge is -2.19. The van der Waals surface area contributed by atoms with E-state index in [0.717, 1.165) is 0 Å². The molecule has 1 heterocycles. The van der Waals surface area contributed by atoms with E-state index < -0.39 is 11.7 Å². The average molecular weight is 239 g/mol. The van der Waals surface area contributed by atoms with Crippen molar-refractivity contribution in [2.45, 2.75) is 39.8 Å². The zero-order chi connectivity index (χ0) is 13.5. The van der Waals surface area contributed by atoms with Crippen LogP contribution in [-0.2, 0) is 11.3 Å². The molecule has 0 saturated heterocycles. The van der Waals surface area contributed by atoms with Crippen LogP contribution in [-0.4, -0.2) is 21.8 Å². The van der Waals surface area contributed by atoms with Crippen molar-refractivity contribution in [2.24, 2.45) is 0 Å². The van der Waals surface area contributed by atoms with Gasteiger partial charge < -0.3 is 14.6 Å². The minimum absolute atomic E-state index is 0.176. The molecule has 1 N–H and O–H groups in total. The highest BCUT2D eigenvalue weighted by molar-refractivity contribution is 5.67. The van der Waals surface area contributed by atoms with Gasteiger partial charge in [-0.3, -0.25) is 0 Å². The number of rotatable bonds is 2. The first-order valence-corrected chi connectivity index (χ1v) is 4.96. The maximum absolute atomic E-state index is 11.2. The van der Waals surface area contributed by atoms with E-state index >= 15 is 0 Å². The molecular formula is C11H17N3O3. The summed E-state index contributed by atoms with van der Waals surface area (Å²) < 4.78 is 9.84. The highest BCUT2D eigenvalue weighted by Gasteiger charge is 2.16. The summed E-state index contributed by atoms with van der Waals surface area (Å²) in [4.78, 5) is 15.1. The number of carbonyl (C=O) groups is 1. The van der Waals surface area contributed by atoms with E-state index in [1.165, 1.54) is 0 Å². The Morgan fingerprint density at radius 3 is 2.47 bits per heavy atom. The fraction of sp³-hybridized carbons (Fsp3) is 0.545. The predicted octanol–water partition coefficient (Wildman–Crippen LogP) is 1.65. The summed E-state index contributed by atoms with van der Waals surface area (Å²) in [7, 11) is 0. The molecular weight excluding hydrogens is 222 g/mol. The summed E-state index contributed by atoms with van der Waals surface area (Å²) in [5.41, 5.74) is -0.505. The second-order valence-corrected chi connectivity index (χ2v) is 4.09. The van der Waals surface area contributed by atoms with E-state index in [1.54, 1.807) is 27.7 Å². The molecule has 6 nitrogen and oxygen atoms in total.